The molecule has 1 rings (SSSR count). The monoisotopic (exact) mass is 325 g/mol. The summed E-state index contributed by atoms with van der Waals surface area (Å²) in [4.78, 5) is 4.77. The predicted molar refractivity (Wildman–Crippen MR) is 74.0 cm³/mol. The second-order valence-corrected chi connectivity index (χ2v) is 2.81. The molecular formula is C12H29N3OZr. The zero-order chi connectivity index (χ0) is 15.4. The molecule has 0 N–H and O–H groups in total. The van der Waals surface area contributed by atoms with Gasteiger partial charge in [-0.2, -0.15) is 28.2 Å². The van der Waals surface area contributed by atoms with E-state index in [0.717, 1.165) is 0 Å². The minimum absolute atomic E-state index is 0. The number of hydrogen-bond acceptors (Lipinski definition) is 1. The number of hydroxylamine groups is 1. The van der Waals surface area contributed by atoms with E-state index in [1.807, 2.05) is 0 Å². The van der Waals surface area contributed by atoms with Gasteiger partial charge in [0.15, 0.2) is 0 Å². The Morgan fingerprint density at radius 3 is 1.71 bits per heavy atom. The second kappa shape index (κ2) is 25.5. The number of rotatable bonds is 3. The van der Waals surface area contributed by atoms with Crippen molar-refractivity contribution in [1.29, 1.82) is 0 Å². The quantitative estimate of drug-likeness (QED) is 0.575. The Kier molecular flexibility index (Phi) is 23.7. The molecule has 5 heteroatoms. The Balaban J connectivity index is -0.000000157. The van der Waals surface area contributed by atoms with E-state index in [1.54, 1.807) is 28.2 Å². The van der Waals surface area contributed by atoms with Crippen LogP contribution in [0.15, 0.2) is 0 Å². The number of nitrogens with zero attached hydrogens (tertiary/aromatic N) is 3. The third kappa shape index (κ3) is 26.4. The molecule has 1 saturated carbocycles. The molecule has 0 amide bonds. The number of hydrogen-bond donors (Lipinski definition) is 0. The molecule has 17 heavy (non-hydrogen) atoms. The molecule has 1 aliphatic carbocycles. The standard InChI is InChI=1S/C7H14NO.2C2H6N.CH3.Zr/c1-8-9-6-7-4-2-3-5-7;2*1-3-2;;/h7H,2-6H2,1H3;2*1-2H3;1H3;/q4*-1;+4/i2D,3D,4D,5D;;;;. The van der Waals surface area contributed by atoms with Gasteiger partial charge in [0, 0.05) is 12.1 Å². The molecule has 4 atom stereocenters. The molecule has 0 aromatic carbocycles. The first-order chi connectivity index (χ1) is 8.92. The molecule has 1 aliphatic rings. The first kappa shape index (κ1) is 15.8. The van der Waals surface area contributed by atoms with Crippen LogP contribution in [-0.2, 0) is 31.0 Å². The Bertz CT molecular complexity index is 193. The SMILES string of the molecule is C[N-]C.C[N-]C.[2H]C1C([2H])C([2H])C(CO[N-]C)C1[2H].[CH3-].[Zr+4]. The first-order valence-corrected chi connectivity index (χ1v) is 4.78. The molecule has 1 fully saturated rings. The summed E-state index contributed by atoms with van der Waals surface area (Å²) in [6, 6.07) is 0. The van der Waals surface area contributed by atoms with E-state index in [1.165, 1.54) is 7.05 Å². The Morgan fingerprint density at radius 2 is 1.41 bits per heavy atom. The molecule has 0 bridgehead atoms. The van der Waals surface area contributed by atoms with Crippen LogP contribution in [0, 0.1) is 13.3 Å². The third-order valence-electron chi connectivity index (χ3n) is 1.22. The van der Waals surface area contributed by atoms with Gasteiger partial charge in [-0.15, -0.1) is 7.05 Å². The van der Waals surface area contributed by atoms with Crippen molar-refractivity contribution in [1.82, 2.24) is 0 Å². The fourth-order valence-corrected chi connectivity index (χ4v) is 0.750. The topological polar surface area (TPSA) is 51.5 Å². The van der Waals surface area contributed by atoms with Crippen molar-refractivity contribution >= 4 is 0 Å². The molecule has 0 heterocycles. The van der Waals surface area contributed by atoms with Gasteiger partial charge >= 0.3 is 26.2 Å². The van der Waals surface area contributed by atoms with E-state index < -0.39 is 25.6 Å². The Morgan fingerprint density at radius 1 is 1.06 bits per heavy atom. The van der Waals surface area contributed by atoms with Crippen molar-refractivity contribution in [2.75, 3.05) is 41.8 Å². The molecule has 4 nitrogen and oxygen atoms in total. The van der Waals surface area contributed by atoms with E-state index in [2.05, 4.69) is 16.1 Å². The van der Waals surface area contributed by atoms with Crippen molar-refractivity contribution in [3.63, 3.8) is 0 Å². The molecule has 102 valence electrons. The van der Waals surface area contributed by atoms with Gasteiger partial charge in [0.1, 0.15) is 0 Å². The van der Waals surface area contributed by atoms with Crippen molar-refractivity contribution in [2.45, 2.75) is 25.6 Å². The van der Waals surface area contributed by atoms with Gasteiger partial charge in [-0.1, -0.05) is 12.8 Å². The van der Waals surface area contributed by atoms with Gasteiger partial charge < -0.3 is 28.4 Å². The maximum Gasteiger partial charge on any atom is 4.00 e. The Labute approximate surface area is 133 Å². The smallest absolute Gasteiger partial charge is 0.668 e. The van der Waals surface area contributed by atoms with E-state index in [0.29, 0.717) is 0 Å². The van der Waals surface area contributed by atoms with Gasteiger partial charge in [-0.3, -0.25) is 0 Å². The van der Waals surface area contributed by atoms with Crippen LogP contribution in [0.25, 0.3) is 16.1 Å². The minimum atomic E-state index is -0.784. The van der Waals surface area contributed by atoms with Crippen molar-refractivity contribution in [2.24, 2.45) is 5.92 Å². The van der Waals surface area contributed by atoms with Gasteiger partial charge in [-0.25, -0.2) is 0 Å². The molecule has 0 spiro atoms. The van der Waals surface area contributed by atoms with Crippen LogP contribution in [0.5, 0.6) is 0 Å². The average molecular weight is 327 g/mol. The maximum atomic E-state index is 7.59. The van der Waals surface area contributed by atoms with Gasteiger partial charge in [0.05, 0.1) is 0 Å². The molecule has 0 aliphatic heterocycles. The van der Waals surface area contributed by atoms with Crippen LogP contribution in [0.3, 0.4) is 0 Å². The van der Waals surface area contributed by atoms with Crippen molar-refractivity contribution in [3.8, 4) is 0 Å². The normalized spacial score (nSPS) is 37.1. The van der Waals surface area contributed by atoms with Gasteiger partial charge in [-0.05, 0) is 18.7 Å². The molecule has 0 aromatic heterocycles. The zero-order valence-corrected chi connectivity index (χ0v) is 14.3. The summed E-state index contributed by atoms with van der Waals surface area (Å²) >= 11 is 0. The van der Waals surface area contributed by atoms with Gasteiger partial charge in [0.25, 0.3) is 0 Å². The van der Waals surface area contributed by atoms with E-state index in [4.69, 9.17) is 10.3 Å². The first-order valence-electron chi connectivity index (χ1n) is 7.09. The van der Waals surface area contributed by atoms with Gasteiger partial charge in [0.2, 0.25) is 0 Å². The fourth-order valence-electron chi connectivity index (χ4n) is 0.750. The summed E-state index contributed by atoms with van der Waals surface area (Å²) in [7, 11) is 8.49. The van der Waals surface area contributed by atoms with Crippen molar-refractivity contribution < 1.29 is 36.5 Å². The molecular weight excluding hydrogens is 293 g/mol. The van der Waals surface area contributed by atoms with E-state index in [9.17, 15) is 0 Å². The third-order valence-corrected chi connectivity index (χ3v) is 1.22. The largest absolute Gasteiger partial charge is 4.00 e. The second-order valence-electron chi connectivity index (χ2n) is 2.81. The van der Waals surface area contributed by atoms with E-state index >= 15 is 0 Å². The predicted octanol–water partition coefficient (Wildman–Crippen LogP) is 3.80. The summed E-state index contributed by atoms with van der Waals surface area (Å²) < 4.78 is 30.1. The molecule has 0 aromatic rings. The van der Waals surface area contributed by atoms with Crippen LogP contribution < -0.4 is 0 Å². The summed E-state index contributed by atoms with van der Waals surface area (Å²) in [6.45, 7) is 0.184. The average Bonchev–Trinajstić information content (AvgIpc) is 2.54. The van der Waals surface area contributed by atoms with E-state index in [-0.39, 0.29) is 46.2 Å². The summed E-state index contributed by atoms with van der Waals surface area (Å²) in [6.07, 6.45) is -2.94. The minimum Gasteiger partial charge on any atom is -0.668 e. The van der Waals surface area contributed by atoms with Crippen LogP contribution in [0.4, 0.5) is 0 Å². The van der Waals surface area contributed by atoms with Crippen LogP contribution in [0.2, 0.25) is 0 Å². The van der Waals surface area contributed by atoms with Crippen molar-refractivity contribution in [3.05, 3.63) is 23.5 Å². The zero-order valence-electron chi connectivity index (χ0n) is 15.8. The Hall–Kier alpha value is 0.723. The summed E-state index contributed by atoms with van der Waals surface area (Å²) in [5.74, 6) is -0.353. The molecule has 0 radical (unpaired) electrons. The summed E-state index contributed by atoms with van der Waals surface area (Å²) in [5.41, 5.74) is 3.43. The van der Waals surface area contributed by atoms with Crippen LogP contribution in [-0.4, -0.2) is 41.8 Å². The van der Waals surface area contributed by atoms with Crippen LogP contribution >= 0.6 is 0 Å². The fraction of sp³-hybridized carbons (Fsp3) is 0.917. The molecule has 0 saturated heterocycles. The maximum absolute atomic E-state index is 7.59. The van der Waals surface area contributed by atoms with Crippen LogP contribution in [0.1, 0.15) is 31.1 Å². The summed E-state index contributed by atoms with van der Waals surface area (Å²) in [5, 5.41) is 7.00. The molecule has 4 unspecified atom stereocenters.